The molecule has 1 heterocycles. The number of carbonyl (C=O) groups is 1. The summed E-state index contributed by atoms with van der Waals surface area (Å²) in [4.78, 5) is 16.6. The van der Waals surface area contributed by atoms with Crippen molar-refractivity contribution in [3.8, 4) is 0 Å². The van der Waals surface area contributed by atoms with Gasteiger partial charge < -0.3 is 15.1 Å². The molecule has 4 heteroatoms. The largest absolute Gasteiger partial charge is 0.338 e. The summed E-state index contributed by atoms with van der Waals surface area (Å²) in [5, 5.41) is 3.11. The first kappa shape index (κ1) is 16.6. The highest BCUT2D eigenvalue weighted by Crippen LogP contribution is 2.35. The van der Waals surface area contributed by atoms with Gasteiger partial charge in [-0.05, 0) is 65.0 Å². The van der Waals surface area contributed by atoms with Crippen LogP contribution >= 0.6 is 0 Å². The highest BCUT2D eigenvalue weighted by atomic mass is 16.2. The van der Waals surface area contributed by atoms with Crippen LogP contribution in [0.15, 0.2) is 0 Å². The molecule has 1 N–H and O–H groups in total. The van der Waals surface area contributed by atoms with Gasteiger partial charge in [-0.25, -0.2) is 4.79 Å². The Bertz CT molecular complexity index is 318. The van der Waals surface area contributed by atoms with Gasteiger partial charge in [0.15, 0.2) is 0 Å². The van der Waals surface area contributed by atoms with Gasteiger partial charge in [0.25, 0.3) is 0 Å². The number of urea groups is 1. The van der Waals surface area contributed by atoms with Gasteiger partial charge >= 0.3 is 6.03 Å². The smallest absolute Gasteiger partial charge is 0.317 e. The lowest BCUT2D eigenvalue weighted by Crippen LogP contribution is -2.39. The fourth-order valence-corrected chi connectivity index (χ4v) is 3.62. The molecule has 21 heavy (non-hydrogen) atoms. The minimum absolute atomic E-state index is 0.168. The summed E-state index contributed by atoms with van der Waals surface area (Å²) in [6.07, 6.45) is 7.61. The van der Waals surface area contributed by atoms with Crippen LogP contribution in [0.4, 0.5) is 4.79 Å². The van der Waals surface area contributed by atoms with Crippen LogP contribution in [0.1, 0.15) is 52.4 Å². The first-order chi connectivity index (χ1) is 10.1. The third-order valence-electron chi connectivity index (χ3n) is 5.36. The summed E-state index contributed by atoms with van der Waals surface area (Å²) in [7, 11) is 2.16. The molecule has 2 atom stereocenters. The van der Waals surface area contributed by atoms with Gasteiger partial charge in [0, 0.05) is 25.7 Å². The Kier molecular flexibility index (Phi) is 6.34. The normalized spacial score (nSPS) is 25.5. The van der Waals surface area contributed by atoms with Crippen molar-refractivity contribution in [2.75, 3.05) is 33.2 Å². The van der Waals surface area contributed by atoms with Crippen LogP contribution in [0, 0.1) is 11.8 Å². The maximum atomic E-state index is 12.2. The van der Waals surface area contributed by atoms with E-state index < -0.39 is 0 Å². The number of hydrogen-bond donors (Lipinski definition) is 1. The second-order valence-electron chi connectivity index (χ2n) is 7.22. The van der Waals surface area contributed by atoms with Crippen molar-refractivity contribution in [3.63, 3.8) is 0 Å². The lowest BCUT2D eigenvalue weighted by Gasteiger charge is -2.22. The number of nitrogens with zero attached hydrogens (tertiary/aromatic N) is 2. The molecule has 2 amide bonds. The van der Waals surface area contributed by atoms with Gasteiger partial charge in [-0.1, -0.05) is 12.8 Å². The molecule has 1 saturated carbocycles. The Balaban J connectivity index is 1.58. The number of carbonyl (C=O) groups excluding carboxylic acids is 1. The van der Waals surface area contributed by atoms with Crippen LogP contribution in [0.5, 0.6) is 0 Å². The molecule has 2 aliphatic rings. The lowest BCUT2D eigenvalue weighted by molar-refractivity contribution is 0.205. The van der Waals surface area contributed by atoms with Gasteiger partial charge in [0.05, 0.1) is 0 Å². The average Bonchev–Trinajstić information content (AvgIpc) is 2.90. The SMILES string of the molecule is CC(C)N(C)CCCCNC(=O)N1C[C@@H]2CCCC[C@H]2C1. The van der Waals surface area contributed by atoms with Crippen molar-refractivity contribution < 1.29 is 4.79 Å². The Hall–Kier alpha value is -0.770. The zero-order valence-electron chi connectivity index (χ0n) is 14.1. The van der Waals surface area contributed by atoms with Crippen LogP contribution in [0.3, 0.4) is 0 Å². The zero-order valence-corrected chi connectivity index (χ0v) is 14.1. The van der Waals surface area contributed by atoms with E-state index in [2.05, 4.69) is 36.0 Å². The van der Waals surface area contributed by atoms with E-state index in [1.54, 1.807) is 0 Å². The van der Waals surface area contributed by atoms with Crippen LogP contribution in [-0.2, 0) is 0 Å². The first-order valence-corrected chi connectivity index (χ1v) is 8.81. The van der Waals surface area contributed by atoms with Crippen LogP contribution in [0.2, 0.25) is 0 Å². The third-order valence-corrected chi connectivity index (χ3v) is 5.36. The summed E-state index contributed by atoms with van der Waals surface area (Å²) in [5.41, 5.74) is 0. The fraction of sp³-hybridized carbons (Fsp3) is 0.941. The fourth-order valence-electron chi connectivity index (χ4n) is 3.62. The molecule has 122 valence electrons. The number of nitrogens with one attached hydrogen (secondary N) is 1. The molecule has 0 radical (unpaired) electrons. The summed E-state index contributed by atoms with van der Waals surface area (Å²) in [5.74, 6) is 1.56. The Morgan fingerprint density at radius 1 is 1.19 bits per heavy atom. The van der Waals surface area contributed by atoms with Gasteiger partial charge in [0.1, 0.15) is 0 Å². The zero-order chi connectivity index (χ0) is 15.2. The topological polar surface area (TPSA) is 35.6 Å². The molecule has 0 aromatic heterocycles. The molecule has 1 saturated heterocycles. The maximum absolute atomic E-state index is 12.2. The molecule has 1 aliphatic carbocycles. The molecule has 2 fully saturated rings. The number of unbranched alkanes of at least 4 members (excludes halogenated alkanes) is 1. The van der Waals surface area contributed by atoms with E-state index in [-0.39, 0.29) is 6.03 Å². The van der Waals surface area contributed by atoms with E-state index in [0.717, 1.165) is 50.9 Å². The first-order valence-electron chi connectivity index (χ1n) is 8.81. The Morgan fingerprint density at radius 2 is 1.81 bits per heavy atom. The minimum atomic E-state index is 0.168. The molecular weight excluding hydrogens is 262 g/mol. The quantitative estimate of drug-likeness (QED) is 0.765. The minimum Gasteiger partial charge on any atom is -0.338 e. The lowest BCUT2D eigenvalue weighted by atomic mass is 9.82. The van der Waals surface area contributed by atoms with Crippen LogP contribution in [0.25, 0.3) is 0 Å². The average molecular weight is 295 g/mol. The molecule has 4 nitrogen and oxygen atoms in total. The summed E-state index contributed by atoms with van der Waals surface area (Å²) in [6, 6.07) is 0.772. The predicted molar refractivity (Wildman–Crippen MR) is 87.4 cm³/mol. The molecule has 2 rings (SSSR count). The highest BCUT2D eigenvalue weighted by Gasteiger charge is 2.36. The summed E-state index contributed by atoms with van der Waals surface area (Å²) >= 11 is 0. The third kappa shape index (κ3) is 4.87. The monoisotopic (exact) mass is 295 g/mol. The molecule has 0 bridgehead atoms. The van der Waals surface area contributed by atoms with Crippen LogP contribution < -0.4 is 5.32 Å². The van der Waals surface area contributed by atoms with Gasteiger partial charge in [-0.3, -0.25) is 0 Å². The van der Waals surface area contributed by atoms with E-state index in [4.69, 9.17) is 0 Å². The van der Waals surface area contributed by atoms with Crippen molar-refractivity contribution in [1.29, 1.82) is 0 Å². The molecule has 1 aliphatic heterocycles. The maximum Gasteiger partial charge on any atom is 0.317 e. The Morgan fingerprint density at radius 3 is 2.38 bits per heavy atom. The molecular formula is C17H33N3O. The Labute approximate surface area is 130 Å². The number of likely N-dealkylation sites (tertiary alicyclic amines) is 1. The summed E-state index contributed by atoms with van der Waals surface area (Å²) in [6.45, 7) is 8.35. The van der Waals surface area contributed by atoms with E-state index in [1.165, 1.54) is 25.7 Å². The predicted octanol–water partition coefficient (Wildman–Crippen LogP) is 2.94. The van der Waals surface area contributed by atoms with Crippen molar-refractivity contribution in [3.05, 3.63) is 0 Å². The van der Waals surface area contributed by atoms with E-state index in [0.29, 0.717) is 6.04 Å². The second-order valence-corrected chi connectivity index (χ2v) is 7.22. The van der Waals surface area contributed by atoms with Gasteiger partial charge in [-0.15, -0.1) is 0 Å². The van der Waals surface area contributed by atoms with E-state index in [9.17, 15) is 4.79 Å². The molecule has 0 spiro atoms. The van der Waals surface area contributed by atoms with E-state index in [1.807, 2.05) is 0 Å². The van der Waals surface area contributed by atoms with Crippen LogP contribution in [-0.4, -0.2) is 55.1 Å². The highest BCUT2D eigenvalue weighted by molar-refractivity contribution is 5.74. The van der Waals surface area contributed by atoms with Crippen molar-refractivity contribution in [2.45, 2.75) is 58.4 Å². The van der Waals surface area contributed by atoms with Gasteiger partial charge in [-0.2, -0.15) is 0 Å². The van der Waals surface area contributed by atoms with Crippen molar-refractivity contribution >= 4 is 6.03 Å². The standard InChI is InChI=1S/C17H33N3O/c1-14(2)19(3)11-7-6-10-18-17(21)20-12-15-8-4-5-9-16(15)13-20/h14-16H,4-13H2,1-3H3,(H,18,21)/t15-,16-/m0/s1. The molecule has 0 aromatic rings. The van der Waals surface area contributed by atoms with Crippen molar-refractivity contribution in [2.24, 2.45) is 11.8 Å². The second kappa shape index (κ2) is 8.02. The van der Waals surface area contributed by atoms with Gasteiger partial charge in [0.2, 0.25) is 0 Å². The molecule has 0 aromatic carbocycles. The van der Waals surface area contributed by atoms with E-state index >= 15 is 0 Å². The number of hydrogen-bond acceptors (Lipinski definition) is 2. The van der Waals surface area contributed by atoms with Crippen molar-refractivity contribution in [1.82, 2.24) is 15.1 Å². The molecule has 0 unspecified atom stereocenters. The number of amides is 2. The summed E-state index contributed by atoms with van der Waals surface area (Å²) < 4.78 is 0. The number of fused-ring (bicyclic) bond motifs is 1. The number of rotatable bonds is 6.